The molecule has 0 fully saturated rings. The van der Waals surface area contributed by atoms with Crippen LogP contribution in [-0.4, -0.2) is 28.4 Å². The van der Waals surface area contributed by atoms with Crippen LogP contribution >= 0.6 is 11.6 Å². The number of carbonyl (C=O) groups is 1. The number of hydrogen-bond acceptors (Lipinski definition) is 6. The SMILES string of the molecule is COc1ccc(N/C=C2\C(=O)c3ccccc3N(Cc3ccc(Cl)cc3)S2(=O)=O)cc1OC. The average molecular weight is 485 g/mol. The van der Waals surface area contributed by atoms with E-state index in [1.165, 1.54) is 24.7 Å². The van der Waals surface area contributed by atoms with E-state index in [2.05, 4.69) is 5.32 Å². The van der Waals surface area contributed by atoms with Crippen LogP contribution in [0.15, 0.2) is 77.8 Å². The monoisotopic (exact) mass is 484 g/mol. The van der Waals surface area contributed by atoms with Gasteiger partial charge in [0.15, 0.2) is 16.4 Å². The Labute approximate surface area is 197 Å². The highest BCUT2D eigenvalue weighted by Crippen LogP contribution is 2.36. The molecule has 7 nitrogen and oxygen atoms in total. The molecule has 9 heteroatoms. The molecular weight excluding hydrogens is 464 g/mol. The number of rotatable bonds is 6. The standard InChI is InChI=1S/C24H21ClN2O5S/c1-31-21-12-11-18(13-22(21)32-2)26-14-23-24(28)19-5-3-4-6-20(19)27(33(23,29)30)15-16-7-9-17(25)10-8-16/h3-14,26H,15H2,1-2H3/b23-14+. The fourth-order valence-corrected chi connectivity index (χ4v) is 5.17. The highest BCUT2D eigenvalue weighted by Gasteiger charge is 2.40. The predicted octanol–water partition coefficient (Wildman–Crippen LogP) is 4.84. The Bertz CT molecular complexity index is 1340. The van der Waals surface area contributed by atoms with E-state index in [0.717, 1.165) is 5.56 Å². The third kappa shape index (κ3) is 4.40. The lowest BCUT2D eigenvalue weighted by Crippen LogP contribution is -2.39. The molecule has 1 heterocycles. The van der Waals surface area contributed by atoms with Crippen LogP contribution in [0.25, 0.3) is 0 Å². The van der Waals surface area contributed by atoms with Gasteiger partial charge in [0.05, 0.1) is 26.5 Å². The van der Waals surface area contributed by atoms with Gasteiger partial charge in [-0.1, -0.05) is 35.9 Å². The molecule has 1 aliphatic rings. The number of methoxy groups -OCH3 is 2. The summed E-state index contributed by atoms with van der Waals surface area (Å²) in [5.74, 6) is 0.416. The molecule has 33 heavy (non-hydrogen) atoms. The quantitative estimate of drug-likeness (QED) is 0.504. The summed E-state index contributed by atoms with van der Waals surface area (Å²) in [6, 6.07) is 18.6. The number of hydrogen-bond donors (Lipinski definition) is 1. The van der Waals surface area contributed by atoms with Crippen molar-refractivity contribution >= 4 is 38.8 Å². The maximum Gasteiger partial charge on any atom is 0.270 e. The number of fused-ring (bicyclic) bond motifs is 1. The Morgan fingerprint density at radius 2 is 1.67 bits per heavy atom. The third-order valence-electron chi connectivity index (χ3n) is 5.20. The van der Waals surface area contributed by atoms with Crippen LogP contribution in [0.2, 0.25) is 5.02 Å². The van der Waals surface area contributed by atoms with Crippen LogP contribution in [-0.2, 0) is 16.6 Å². The van der Waals surface area contributed by atoms with Crippen LogP contribution < -0.4 is 19.1 Å². The van der Waals surface area contributed by atoms with Crippen LogP contribution in [0, 0.1) is 0 Å². The predicted molar refractivity (Wildman–Crippen MR) is 129 cm³/mol. The maximum absolute atomic E-state index is 13.5. The van der Waals surface area contributed by atoms with Crippen molar-refractivity contribution in [2.45, 2.75) is 6.54 Å². The Balaban J connectivity index is 1.74. The molecule has 0 saturated heterocycles. The van der Waals surface area contributed by atoms with Crippen LogP contribution in [0.1, 0.15) is 15.9 Å². The molecule has 4 rings (SSSR count). The fourth-order valence-electron chi connectivity index (χ4n) is 3.52. The van der Waals surface area contributed by atoms with Crippen LogP contribution in [0.3, 0.4) is 0 Å². The Hall–Kier alpha value is -3.49. The van der Waals surface area contributed by atoms with Crippen LogP contribution in [0.4, 0.5) is 11.4 Å². The van der Waals surface area contributed by atoms with Gasteiger partial charge in [-0.05, 0) is 42.0 Å². The van der Waals surface area contributed by atoms with Crippen molar-refractivity contribution in [1.29, 1.82) is 0 Å². The lowest BCUT2D eigenvalue weighted by Gasteiger charge is -2.31. The van der Waals surface area contributed by atoms with E-state index in [1.807, 2.05) is 0 Å². The third-order valence-corrected chi connectivity index (χ3v) is 7.22. The molecule has 1 aliphatic heterocycles. The first-order chi connectivity index (χ1) is 15.8. The first-order valence-electron chi connectivity index (χ1n) is 9.95. The average Bonchev–Trinajstić information content (AvgIpc) is 2.82. The van der Waals surface area contributed by atoms with Gasteiger partial charge < -0.3 is 14.8 Å². The number of nitrogens with zero attached hydrogens (tertiary/aromatic N) is 1. The van der Waals surface area contributed by atoms with Gasteiger partial charge in [-0.15, -0.1) is 0 Å². The Morgan fingerprint density at radius 3 is 2.36 bits per heavy atom. The minimum atomic E-state index is -4.14. The molecule has 0 radical (unpaired) electrons. The highest BCUT2D eigenvalue weighted by molar-refractivity contribution is 7.97. The summed E-state index contributed by atoms with van der Waals surface area (Å²) in [7, 11) is -1.12. The fraction of sp³-hybridized carbons (Fsp3) is 0.125. The number of nitrogens with one attached hydrogen (secondary N) is 1. The lowest BCUT2D eigenvalue weighted by molar-refractivity contribution is 0.104. The topological polar surface area (TPSA) is 84.9 Å². The first-order valence-corrected chi connectivity index (χ1v) is 11.8. The van der Waals surface area contributed by atoms with Gasteiger partial charge in [-0.25, -0.2) is 8.42 Å². The van der Waals surface area contributed by atoms with E-state index < -0.39 is 15.8 Å². The van der Waals surface area contributed by atoms with E-state index >= 15 is 0 Å². The van der Waals surface area contributed by atoms with E-state index in [1.54, 1.807) is 66.7 Å². The molecule has 170 valence electrons. The molecule has 0 aromatic heterocycles. The molecule has 1 N–H and O–H groups in total. The molecule has 0 saturated carbocycles. The number of halogens is 1. The summed E-state index contributed by atoms with van der Waals surface area (Å²) in [5.41, 5.74) is 1.91. The Kier molecular flexibility index (Phi) is 6.31. The maximum atomic E-state index is 13.5. The largest absolute Gasteiger partial charge is 0.493 e. The lowest BCUT2D eigenvalue weighted by atomic mass is 10.1. The summed E-state index contributed by atoms with van der Waals surface area (Å²) >= 11 is 5.96. The van der Waals surface area contributed by atoms with Gasteiger partial charge in [-0.3, -0.25) is 9.10 Å². The number of benzene rings is 3. The normalized spacial score (nSPS) is 15.8. The molecule has 0 aliphatic carbocycles. The summed E-state index contributed by atoms with van der Waals surface area (Å²) in [6.45, 7) is 0.0531. The molecule has 0 spiro atoms. The van der Waals surface area contributed by atoms with Gasteiger partial charge in [-0.2, -0.15) is 0 Å². The number of Topliss-reactive ketones (excluding diaryl/α,β-unsaturated/α-hetero) is 1. The number of carbonyl (C=O) groups excluding carboxylic acids is 1. The molecule has 0 bridgehead atoms. The number of anilines is 2. The van der Waals surface area contributed by atoms with Crippen molar-refractivity contribution in [2.75, 3.05) is 23.8 Å². The van der Waals surface area contributed by atoms with E-state index in [0.29, 0.717) is 33.5 Å². The minimum Gasteiger partial charge on any atom is -0.493 e. The summed E-state index contributed by atoms with van der Waals surface area (Å²) in [4.78, 5) is 12.8. The first kappa shape index (κ1) is 22.7. The Morgan fingerprint density at radius 1 is 0.970 bits per heavy atom. The zero-order valence-electron chi connectivity index (χ0n) is 17.9. The number of sulfonamides is 1. The van der Waals surface area contributed by atoms with Crippen molar-refractivity contribution in [3.63, 3.8) is 0 Å². The number of para-hydroxylation sites is 1. The summed E-state index contributed by atoms with van der Waals surface area (Å²) in [6.07, 6.45) is 1.21. The van der Waals surface area contributed by atoms with Crippen molar-refractivity contribution in [3.05, 3.63) is 94.0 Å². The summed E-state index contributed by atoms with van der Waals surface area (Å²) in [5, 5.41) is 3.46. The van der Waals surface area contributed by atoms with Crippen LogP contribution in [0.5, 0.6) is 11.5 Å². The number of allylic oxidation sites excluding steroid dienone is 1. The van der Waals surface area contributed by atoms with Gasteiger partial charge in [0.1, 0.15) is 0 Å². The van der Waals surface area contributed by atoms with Gasteiger partial charge in [0.2, 0.25) is 5.78 Å². The molecule has 3 aromatic rings. The van der Waals surface area contributed by atoms with Crippen molar-refractivity contribution < 1.29 is 22.7 Å². The molecule has 0 unspecified atom stereocenters. The summed E-state index contributed by atoms with van der Waals surface area (Å²) < 4.78 is 38.8. The highest BCUT2D eigenvalue weighted by atomic mass is 35.5. The zero-order valence-corrected chi connectivity index (χ0v) is 19.5. The zero-order chi connectivity index (χ0) is 23.6. The smallest absolute Gasteiger partial charge is 0.270 e. The van der Waals surface area contributed by atoms with Gasteiger partial charge >= 0.3 is 0 Å². The number of ether oxygens (including phenoxy) is 2. The molecule has 0 atom stereocenters. The molecular formula is C24H21ClN2O5S. The van der Waals surface area contributed by atoms with E-state index in [-0.39, 0.29) is 11.4 Å². The second kappa shape index (κ2) is 9.17. The van der Waals surface area contributed by atoms with E-state index in [9.17, 15) is 13.2 Å². The minimum absolute atomic E-state index is 0.0531. The second-order valence-electron chi connectivity index (χ2n) is 7.21. The second-order valence-corrected chi connectivity index (χ2v) is 9.47. The van der Waals surface area contributed by atoms with Crippen molar-refractivity contribution in [2.24, 2.45) is 0 Å². The van der Waals surface area contributed by atoms with Gasteiger partial charge in [0.25, 0.3) is 10.0 Å². The molecule has 3 aromatic carbocycles. The number of ketones is 1. The van der Waals surface area contributed by atoms with E-state index in [4.69, 9.17) is 21.1 Å². The van der Waals surface area contributed by atoms with Crippen molar-refractivity contribution in [1.82, 2.24) is 0 Å². The van der Waals surface area contributed by atoms with Crippen molar-refractivity contribution in [3.8, 4) is 11.5 Å². The van der Waals surface area contributed by atoms with Gasteiger partial charge in [0, 0.05) is 28.5 Å². The molecule has 0 amide bonds.